The molecule has 3 nitrogen and oxygen atoms in total. The third-order valence-electron chi connectivity index (χ3n) is 4.22. The summed E-state index contributed by atoms with van der Waals surface area (Å²) in [6.45, 7) is 6.94. The van der Waals surface area contributed by atoms with Crippen molar-refractivity contribution in [3.63, 3.8) is 0 Å². The molecular formula is C17H25BrN2O. The molecule has 0 bridgehead atoms. The lowest BCUT2D eigenvalue weighted by molar-refractivity contribution is -0.138. The summed E-state index contributed by atoms with van der Waals surface area (Å²) < 4.78 is 1.08. The highest BCUT2D eigenvalue weighted by atomic mass is 79.9. The molecule has 0 spiro atoms. The smallest absolute Gasteiger partial charge is 0.227 e. The Morgan fingerprint density at radius 3 is 2.86 bits per heavy atom. The highest BCUT2D eigenvalue weighted by molar-refractivity contribution is 9.10. The Morgan fingerprint density at radius 2 is 2.24 bits per heavy atom. The first kappa shape index (κ1) is 16.5. The van der Waals surface area contributed by atoms with Crippen LogP contribution in [0.2, 0.25) is 0 Å². The van der Waals surface area contributed by atoms with Gasteiger partial charge >= 0.3 is 0 Å². The molecule has 1 fully saturated rings. The van der Waals surface area contributed by atoms with Crippen LogP contribution in [-0.2, 0) is 4.79 Å². The minimum atomic E-state index is 0.106. The lowest BCUT2D eigenvalue weighted by Crippen LogP contribution is -2.44. The molecule has 2 rings (SSSR count). The van der Waals surface area contributed by atoms with Crippen LogP contribution in [0, 0.1) is 5.92 Å². The first-order valence-electron chi connectivity index (χ1n) is 7.90. The highest BCUT2D eigenvalue weighted by Crippen LogP contribution is 2.29. The zero-order valence-corrected chi connectivity index (χ0v) is 14.5. The van der Waals surface area contributed by atoms with E-state index in [1.54, 1.807) is 0 Å². The maximum absolute atomic E-state index is 12.9. The molecule has 1 heterocycles. The number of hydrogen-bond acceptors (Lipinski definition) is 2. The van der Waals surface area contributed by atoms with Crippen molar-refractivity contribution in [1.82, 2.24) is 10.2 Å². The Bertz CT molecular complexity index is 472. The van der Waals surface area contributed by atoms with Crippen molar-refractivity contribution >= 4 is 21.8 Å². The molecule has 2 atom stereocenters. The van der Waals surface area contributed by atoms with Crippen LogP contribution in [0.4, 0.5) is 0 Å². The summed E-state index contributed by atoms with van der Waals surface area (Å²) in [5.41, 5.74) is 1.18. The van der Waals surface area contributed by atoms with Crippen molar-refractivity contribution in [3.05, 3.63) is 34.3 Å². The average Bonchev–Trinajstić information content (AvgIpc) is 2.52. The summed E-state index contributed by atoms with van der Waals surface area (Å²) in [5, 5.41) is 3.35. The zero-order chi connectivity index (χ0) is 15.2. The number of halogens is 1. The summed E-state index contributed by atoms with van der Waals surface area (Å²) in [5.74, 6) is 0.433. The minimum Gasteiger partial charge on any atom is -0.336 e. The quantitative estimate of drug-likeness (QED) is 0.875. The van der Waals surface area contributed by atoms with Gasteiger partial charge in [0.25, 0.3) is 0 Å². The molecule has 1 aromatic carbocycles. The van der Waals surface area contributed by atoms with Gasteiger partial charge in [0.15, 0.2) is 0 Å². The number of nitrogens with one attached hydrogen (secondary N) is 1. The van der Waals surface area contributed by atoms with Gasteiger partial charge in [-0.1, -0.05) is 41.1 Å². The largest absolute Gasteiger partial charge is 0.336 e. The van der Waals surface area contributed by atoms with Crippen molar-refractivity contribution in [3.8, 4) is 0 Å². The zero-order valence-electron chi connectivity index (χ0n) is 12.9. The van der Waals surface area contributed by atoms with Crippen LogP contribution in [0.3, 0.4) is 0 Å². The molecule has 1 N–H and O–H groups in total. The molecule has 1 aliphatic rings. The van der Waals surface area contributed by atoms with Gasteiger partial charge in [0.05, 0.1) is 12.0 Å². The van der Waals surface area contributed by atoms with Crippen LogP contribution in [0.1, 0.15) is 44.7 Å². The lowest BCUT2D eigenvalue weighted by Gasteiger charge is -2.34. The van der Waals surface area contributed by atoms with Crippen molar-refractivity contribution in [2.24, 2.45) is 5.92 Å². The second-order valence-electron chi connectivity index (χ2n) is 5.77. The predicted molar refractivity (Wildman–Crippen MR) is 90.2 cm³/mol. The third kappa shape index (κ3) is 4.07. The van der Waals surface area contributed by atoms with E-state index in [9.17, 15) is 4.79 Å². The van der Waals surface area contributed by atoms with E-state index in [1.165, 1.54) is 5.56 Å². The summed E-state index contributed by atoms with van der Waals surface area (Å²) in [6, 6.07) is 8.30. The predicted octanol–water partition coefficient (Wildman–Crippen LogP) is 3.75. The fraction of sp³-hybridized carbons (Fsp3) is 0.588. The average molecular weight is 353 g/mol. The van der Waals surface area contributed by atoms with E-state index in [2.05, 4.69) is 46.1 Å². The first-order valence-corrected chi connectivity index (χ1v) is 8.70. The molecule has 0 aromatic heterocycles. The third-order valence-corrected chi connectivity index (χ3v) is 4.94. The fourth-order valence-corrected chi connectivity index (χ4v) is 3.63. The molecular weight excluding hydrogens is 328 g/mol. The molecule has 1 amide bonds. The van der Waals surface area contributed by atoms with E-state index in [0.717, 1.165) is 43.4 Å². The maximum Gasteiger partial charge on any atom is 0.227 e. The topological polar surface area (TPSA) is 32.3 Å². The standard InChI is InChI=1S/C17H25BrN2O/c1-3-11-20(17(21)14-7-6-10-19-12-14)13(2)15-8-4-5-9-16(15)18/h4-5,8-9,13-14,19H,3,6-7,10-12H2,1-2H3/t13?,14-/m0/s1. The van der Waals surface area contributed by atoms with Crippen LogP contribution in [0.15, 0.2) is 28.7 Å². The van der Waals surface area contributed by atoms with Crippen molar-refractivity contribution in [2.75, 3.05) is 19.6 Å². The summed E-state index contributed by atoms with van der Waals surface area (Å²) >= 11 is 3.61. The van der Waals surface area contributed by atoms with Gasteiger partial charge in [-0.15, -0.1) is 0 Å². The number of carbonyl (C=O) groups is 1. The van der Waals surface area contributed by atoms with Crippen LogP contribution in [0.25, 0.3) is 0 Å². The molecule has 0 aliphatic carbocycles. The summed E-state index contributed by atoms with van der Waals surface area (Å²) in [6.07, 6.45) is 3.09. The van der Waals surface area contributed by atoms with Gasteiger partial charge in [-0.05, 0) is 44.4 Å². The van der Waals surface area contributed by atoms with E-state index in [1.807, 2.05) is 18.2 Å². The molecule has 21 heavy (non-hydrogen) atoms. The number of nitrogens with zero attached hydrogens (tertiary/aromatic N) is 1. The van der Waals surface area contributed by atoms with Gasteiger partial charge < -0.3 is 10.2 Å². The van der Waals surface area contributed by atoms with Crippen LogP contribution < -0.4 is 5.32 Å². The number of hydrogen-bond donors (Lipinski definition) is 1. The van der Waals surface area contributed by atoms with E-state index in [0.29, 0.717) is 5.91 Å². The number of benzene rings is 1. The number of rotatable bonds is 5. The van der Waals surface area contributed by atoms with Gasteiger partial charge in [-0.25, -0.2) is 0 Å². The Morgan fingerprint density at radius 1 is 1.48 bits per heavy atom. The van der Waals surface area contributed by atoms with Gasteiger partial charge in [0.2, 0.25) is 5.91 Å². The Labute approximate surface area is 136 Å². The Kier molecular flexibility index (Phi) is 6.24. The molecule has 0 saturated carbocycles. The van der Waals surface area contributed by atoms with E-state index in [-0.39, 0.29) is 12.0 Å². The van der Waals surface area contributed by atoms with Gasteiger partial charge in [0.1, 0.15) is 0 Å². The number of piperidine rings is 1. The van der Waals surface area contributed by atoms with Crippen LogP contribution >= 0.6 is 15.9 Å². The number of carbonyl (C=O) groups excluding carboxylic acids is 1. The van der Waals surface area contributed by atoms with Crippen molar-refractivity contribution < 1.29 is 4.79 Å². The second-order valence-corrected chi connectivity index (χ2v) is 6.63. The summed E-state index contributed by atoms with van der Waals surface area (Å²) in [7, 11) is 0. The minimum absolute atomic E-state index is 0.106. The van der Waals surface area contributed by atoms with E-state index in [4.69, 9.17) is 0 Å². The maximum atomic E-state index is 12.9. The van der Waals surface area contributed by atoms with Crippen LogP contribution in [0.5, 0.6) is 0 Å². The fourth-order valence-electron chi connectivity index (χ4n) is 3.01. The van der Waals surface area contributed by atoms with Crippen molar-refractivity contribution in [2.45, 2.75) is 39.2 Å². The molecule has 4 heteroatoms. The van der Waals surface area contributed by atoms with Crippen molar-refractivity contribution in [1.29, 1.82) is 0 Å². The SMILES string of the molecule is CCCN(C(=O)[C@H]1CCCNC1)C(C)c1ccccc1Br. The Hall–Kier alpha value is -0.870. The molecule has 116 valence electrons. The van der Waals surface area contributed by atoms with Gasteiger partial charge in [-0.2, -0.15) is 0 Å². The van der Waals surface area contributed by atoms with Gasteiger partial charge in [-0.3, -0.25) is 4.79 Å². The van der Waals surface area contributed by atoms with Crippen LogP contribution in [-0.4, -0.2) is 30.4 Å². The molecule has 1 aromatic rings. The summed E-state index contributed by atoms with van der Waals surface area (Å²) in [4.78, 5) is 14.9. The normalized spacial score (nSPS) is 20.0. The monoisotopic (exact) mass is 352 g/mol. The highest BCUT2D eigenvalue weighted by Gasteiger charge is 2.29. The lowest BCUT2D eigenvalue weighted by atomic mass is 9.96. The van der Waals surface area contributed by atoms with E-state index >= 15 is 0 Å². The molecule has 1 unspecified atom stereocenters. The second kappa shape index (κ2) is 7.95. The molecule has 0 radical (unpaired) electrons. The first-order chi connectivity index (χ1) is 10.1. The van der Waals surface area contributed by atoms with E-state index < -0.39 is 0 Å². The number of amides is 1. The molecule has 1 aliphatic heterocycles. The molecule has 1 saturated heterocycles. The van der Waals surface area contributed by atoms with Gasteiger partial charge in [0, 0.05) is 17.6 Å². The Balaban J connectivity index is 2.17.